The summed E-state index contributed by atoms with van der Waals surface area (Å²) in [4.78, 5) is 35.4. The molecule has 0 saturated carbocycles. The number of hydrogen-bond donors (Lipinski definition) is 2. The zero-order chi connectivity index (χ0) is 13.3. The first-order valence-corrected chi connectivity index (χ1v) is 5.40. The van der Waals surface area contributed by atoms with Gasteiger partial charge in [-0.2, -0.15) is 0 Å². The van der Waals surface area contributed by atoms with Gasteiger partial charge in [-0.15, -0.1) is 0 Å². The molecule has 1 aromatic rings. The van der Waals surface area contributed by atoms with Crippen LogP contribution in [0.5, 0.6) is 0 Å². The van der Waals surface area contributed by atoms with Crippen LogP contribution in [0.2, 0.25) is 0 Å². The molecule has 2 amide bonds. The smallest absolute Gasteiger partial charge is 0.336 e. The number of aromatic carboxylic acids is 1. The minimum absolute atomic E-state index is 0.0599. The fourth-order valence-corrected chi connectivity index (χ4v) is 1.92. The summed E-state index contributed by atoms with van der Waals surface area (Å²) in [5.74, 6) is -1.56. The van der Waals surface area contributed by atoms with Gasteiger partial charge in [-0.3, -0.25) is 9.59 Å². The van der Waals surface area contributed by atoms with Crippen LogP contribution in [-0.4, -0.2) is 36.0 Å². The second kappa shape index (κ2) is 4.48. The molecule has 1 aliphatic heterocycles. The van der Waals surface area contributed by atoms with Crippen LogP contribution >= 0.6 is 0 Å². The monoisotopic (exact) mass is 248 g/mol. The summed E-state index contributed by atoms with van der Waals surface area (Å²) in [6.07, 6.45) is 0. The van der Waals surface area contributed by atoms with Crippen LogP contribution in [-0.2, 0) is 9.59 Å². The Hall–Kier alpha value is -2.37. The highest BCUT2D eigenvalue weighted by Crippen LogP contribution is 2.24. The Morgan fingerprint density at radius 3 is 2.78 bits per heavy atom. The van der Waals surface area contributed by atoms with Gasteiger partial charge < -0.3 is 15.3 Å². The minimum atomic E-state index is -1.05. The van der Waals surface area contributed by atoms with Crippen molar-refractivity contribution >= 4 is 23.5 Å². The molecule has 1 heterocycles. The second-order valence-electron chi connectivity index (χ2n) is 4.01. The Balaban J connectivity index is 2.44. The molecule has 0 unspecified atom stereocenters. The standard InChI is InChI=1S/C12H12N2O4/c1-7-8(12(17)18)3-2-4-9(7)14-6-10(15)13-5-11(14)16/h2-4H,5-6H2,1H3,(H,13,15)(H,17,18). The average Bonchev–Trinajstić information content (AvgIpc) is 2.32. The highest BCUT2D eigenvalue weighted by atomic mass is 16.4. The molecule has 0 radical (unpaired) electrons. The van der Waals surface area contributed by atoms with Gasteiger partial charge in [0, 0.05) is 5.69 Å². The number of amides is 2. The third-order valence-electron chi connectivity index (χ3n) is 2.87. The summed E-state index contributed by atoms with van der Waals surface area (Å²) >= 11 is 0. The Bertz CT molecular complexity index is 539. The number of nitrogens with zero attached hydrogens (tertiary/aromatic N) is 1. The quantitative estimate of drug-likeness (QED) is 0.780. The molecule has 94 valence electrons. The molecule has 1 aromatic carbocycles. The number of carboxylic acids is 1. The molecule has 0 atom stereocenters. The molecular weight excluding hydrogens is 236 g/mol. The lowest BCUT2D eigenvalue weighted by molar-refractivity contribution is -0.128. The van der Waals surface area contributed by atoms with Gasteiger partial charge in [-0.05, 0) is 24.6 Å². The zero-order valence-corrected chi connectivity index (χ0v) is 9.77. The number of benzene rings is 1. The van der Waals surface area contributed by atoms with E-state index in [0.717, 1.165) is 0 Å². The van der Waals surface area contributed by atoms with E-state index in [0.29, 0.717) is 11.3 Å². The number of anilines is 1. The van der Waals surface area contributed by atoms with Crippen molar-refractivity contribution in [2.45, 2.75) is 6.92 Å². The van der Waals surface area contributed by atoms with Crippen LogP contribution in [0.1, 0.15) is 15.9 Å². The van der Waals surface area contributed by atoms with E-state index in [1.807, 2.05) is 0 Å². The van der Waals surface area contributed by atoms with Crippen LogP contribution in [0.4, 0.5) is 5.69 Å². The predicted molar refractivity (Wildman–Crippen MR) is 63.5 cm³/mol. The molecule has 6 heteroatoms. The van der Waals surface area contributed by atoms with Crippen molar-refractivity contribution < 1.29 is 19.5 Å². The summed E-state index contributed by atoms with van der Waals surface area (Å²) in [5, 5.41) is 11.5. The van der Waals surface area contributed by atoms with Crippen molar-refractivity contribution in [3.63, 3.8) is 0 Å². The lowest BCUT2D eigenvalue weighted by Gasteiger charge is -2.28. The van der Waals surface area contributed by atoms with Gasteiger partial charge in [-0.25, -0.2) is 4.79 Å². The van der Waals surface area contributed by atoms with Crippen LogP contribution in [0.25, 0.3) is 0 Å². The van der Waals surface area contributed by atoms with Gasteiger partial charge in [0.1, 0.15) is 6.54 Å². The van der Waals surface area contributed by atoms with Crippen molar-refractivity contribution in [2.75, 3.05) is 18.0 Å². The van der Waals surface area contributed by atoms with Gasteiger partial charge in [0.25, 0.3) is 0 Å². The third-order valence-corrected chi connectivity index (χ3v) is 2.87. The minimum Gasteiger partial charge on any atom is -0.478 e. The Kier molecular flexibility index (Phi) is 3.01. The first-order valence-electron chi connectivity index (χ1n) is 5.40. The molecule has 2 N–H and O–H groups in total. The van der Waals surface area contributed by atoms with Gasteiger partial charge in [0.05, 0.1) is 12.1 Å². The van der Waals surface area contributed by atoms with E-state index in [4.69, 9.17) is 5.11 Å². The lowest BCUT2D eigenvalue weighted by atomic mass is 10.1. The van der Waals surface area contributed by atoms with Crippen LogP contribution in [0, 0.1) is 6.92 Å². The van der Waals surface area contributed by atoms with E-state index in [2.05, 4.69) is 5.32 Å². The summed E-state index contributed by atoms with van der Waals surface area (Å²) in [6.45, 7) is 1.48. The zero-order valence-electron chi connectivity index (χ0n) is 9.77. The second-order valence-corrected chi connectivity index (χ2v) is 4.01. The average molecular weight is 248 g/mol. The van der Waals surface area contributed by atoms with Crippen LogP contribution in [0.15, 0.2) is 18.2 Å². The lowest BCUT2D eigenvalue weighted by Crippen LogP contribution is -2.52. The summed E-state index contributed by atoms with van der Waals surface area (Å²) < 4.78 is 0. The SMILES string of the molecule is Cc1c(C(=O)O)cccc1N1CC(=O)NCC1=O. The van der Waals surface area contributed by atoms with E-state index < -0.39 is 5.97 Å². The maximum atomic E-state index is 11.7. The highest BCUT2D eigenvalue weighted by Gasteiger charge is 2.26. The van der Waals surface area contributed by atoms with Crippen molar-refractivity contribution in [3.05, 3.63) is 29.3 Å². The molecule has 6 nitrogen and oxygen atoms in total. The van der Waals surface area contributed by atoms with Gasteiger partial charge >= 0.3 is 5.97 Å². The van der Waals surface area contributed by atoms with Crippen molar-refractivity contribution in [2.24, 2.45) is 0 Å². The molecule has 1 aliphatic rings. The van der Waals surface area contributed by atoms with Crippen molar-refractivity contribution in [3.8, 4) is 0 Å². The molecular formula is C12H12N2O4. The first-order chi connectivity index (χ1) is 8.50. The third kappa shape index (κ3) is 2.04. The Labute approximate surface area is 103 Å². The van der Waals surface area contributed by atoms with Crippen LogP contribution in [0.3, 0.4) is 0 Å². The Morgan fingerprint density at radius 2 is 2.11 bits per heavy atom. The summed E-state index contributed by atoms with van der Waals surface area (Å²) in [6, 6.07) is 4.67. The number of piperazine rings is 1. The molecule has 0 bridgehead atoms. The predicted octanol–water partition coefficient (Wildman–Crippen LogP) is 0.156. The fraction of sp³-hybridized carbons (Fsp3) is 0.250. The normalized spacial score (nSPS) is 15.5. The topological polar surface area (TPSA) is 86.7 Å². The number of carboxylic acid groups (broad SMARTS) is 1. The molecule has 2 rings (SSSR count). The van der Waals surface area contributed by atoms with E-state index in [-0.39, 0.29) is 30.5 Å². The van der Waals surface area contributed by atoms with Gasteiger partial charge in [0.2, 0.25) is 11.8 Å². The molecule has 1 fully saturated rings. The van der Waals surface area contributed by atoms with Gasteiger partial charge in [-0.1, -0.05) is 6.07 Å². The van der Waals surface area contributed by atoms with E-state index in [1.54, 1.807) is 19.1 Å². The largest absolute Gasteiger partial charge is 0.478 e. The van der Waals surface area contributed by atoms with E-state index in [1.165, 1.54) is 11.0 Å². The maximum Gasteiger partial charge on any atom is 0.336 e. The molecule has 18 heavy (non-hydrogen) atoms. The summed E-state index contributed by atoms with van der Waals surface area (Å²) in [7, 11) is 0. The molecule has 0 aromatic heterocycles. The fourth-order valence-electron chi connectivity index (χ4n) is 1.92. The molecule has 0 spiro atoms. The van der Waals surface area contributed by atoms with Gasteiger partial charge in [0.15, 0.2) is 0 Å². The van der Waals surface area contributed by atoms with Crippen molar-refractivity contribution in [1.29, 1.82) is 0 Å². The summed E-state index contributed by atoms with van der Waals surface area (Å²) in [5.41, 5.74) is 1.08. The van der Waals surface area contributed by atoms with Crippen molar-refractivity contribution in [1.82, 2.24) is 5.32 Å². The molecule has 1 saturated heterocycles. The van der Waals surface area contributed by atoms with Crippen LogP contribution < -0.4 is 10.2 Å². The first kappa shape index (κ1) is 12.1. The number of nitrogens with one attached hydrogen (secondary N) is 1. The number of rotatable bonds is 2. The maximum absolute atomic E-state index is 11.7. The number of hydrogen-bond acceptors (Lipinski definition) is 3. The highest BCUT2D eigenvalue weighted by molar-refractivity contribution is 6.05. The Morgan fingerprint density at radius 1 is 1.39 bits per heavy atom. The molecule has 0 aliphatic carbocycles. The number of carbonyl (C=O) groups is 3. The van der Waals surface area contributed by atoms with E-state index in [9.17, 15) is 14.4 Å². The van der Waals surface area contributed by atoms with E-state index >= 15 is 0 Å². The number of carbonyl (C=O) groups excluding carboxylic acids is 2.